The van der Waals surface area contributed by atoms with Crippen LogP contribution in [0, 0.1) is 11.7 Å². The molecule has 4 amide bonds. The minimum absolute atomic E-state index is 0.0266. The molecule has 1 N–H and O–H groups in total. The highest BCUT2D eigenvalue weighted by molar-refractivity contribution is 6.30. The van der Waals surface area contributed by atoms with E-state index < -0.39 is 11.4 Å². The molecule has 1 spiro atoms. The number of rotatable bonds is 4. The Kier molecular flexibility index (Phi) is 5.51. The lowest BCUT2D eigenvalue weighted by molar-refractivity contribution is -0.132. The van der Waals surface area contributed by atoms with Crippen molar-refractivity contribution in [2.24, 2.45) is 5.92 Å². The predicted octanol–water partition coefficient (Wildman–Crippen LogP) is 3.47. The van der Waals surface area contributed by atoms with E-state index in [0.29, 0.717) is 32.4 Å². The number of halogens is 2. The number of hydrogen-bond acceptors (Lipinski definition) is 3. The molecule has 1 aromatic rings. The largest absolute Gasteiger partial charge is 0.338 e. The fourth-order valence-corrected chi connectivity index (χ4v) is 4.96. The number of imide groups is 1. The van der Waals surface area contributed by atoms with Crippen LogP contribution in [0.1, 0.15) is 50.5 Å². The molecule has 1 unspecified atom stereocenters. The molecule has 1 aromatic carbocycles. The van der Waals surface area contributed by atoms with Gasteiger partial charge in [0.05, 0.1) is 5.02 Å². The molecule has 0 bridgehead atoms. The highest BCUT2D eigenvalue weighted by Gasteiger charge is 2.51. The third kappa shape index (κ3) is 3.97. The second-order valence-corrected chi connectivity index (χ2v) is 8.84. The van der Waals surface area contributed by atoms with Crippen molar-refractivity contribution in [1.82, 2.24) is 15.1 Å². The number of nitrogens with zero attached hydrogens (tertiary/aromatic N) is 2. The Morgan fingerprint density at radius 3 is 2.55 bits per heavy atom. The lowest BCUT2D eigenvalue weighted by Crippen LogP contribution is -2.46. The predicted molar refractivity (Wildman–Crippen MR) is 106 cm³/mol. The van der Waals surface area contributed by atoms with Crippen LogP contribution in [0.15, 0.2) is 18.2 Å². The second-order valence-electron chi connectivity index (χ2n) is 8.44. The molecule has 1 saturated carbocycles. The van der Waals surface area contributed by atoms with E-state index in [0.717, 1.165) is 31.2 Å². The fraction of sp³-hybridized carbons (Fsp3) is 0.571. The summed E-state index contributed by atoms with van der Waals surface area (Å²) in [4.78, 5) is 41.0. The fourth-order valence-electron chi connectivity index (χ4n) is 4.76. The highest BCUT2D eigenvalue weighted by Crippen LogP contribution is 2.34. The second kappa shape index (κ2) is 7.94. The van der Waals surface area contributed by atoms with E-state index in [-0.39, 0.29) is 35.3 Å². The maximum absolute atomic E-state index is 13.3. The van der Waals surface area contributed by atoms with Crippen molar-refractivity contribution in [1.29, 1.82) is 0 Å². The SMILES string of the molecule is O=C1CC(CN2C(=O)NC3(CCCCCC3)C2=O)CN1Cc1ccc(F)c(Cl)c1. The zero-order chi connectivity index (χ0) is 20.6. The summed E-state index contributed by atoms with van der Waals surface area (Å²) in [6, 6.07) is 4.07. The van der Waals surface area contributed by atoms with Crippen molar-refractivity contribution in [2.75, 3.05) is 13.1 Å². The Hall–Kier alpha value is -2.15. The average Bonchev–Trinajstić information content (AvgIpc) is 3.00. The third-order valence-electron chi connectivity index (χ3n) is 6.30. The number of likely N-dealkylation sites (tertiary alicyclic amines) is 1. The summed E-state index contributed by atoms with van der Waals surface area (Å²) in [6.07, 6.45) is 5.73. The van der Waals surface area contributed by atoms with E-state index in [1.54, 1.807) is 11.0 Å². The number of carbonyl (C=O) groups is 3. The van der Waals surface area contributed by atoms with Gasteiger partial charge in [-0.05, 0) is 30.5 Å². The summed E-state index contributed by atoms with van der Waals surface area (Å²) >= 11 is 5.83. The van der Waals surface area contributed by atoms with Gasteiger partial charge in [0.25, 0.3) is 5.91 Å². The van der Waals surface area contributed by atoms with Gasteiger partial charge in [0.1, 0.15) is 11.4 Å². The normalized spacial score (nSPS) is 24.3. The lowest BCUT2D eigenvalue weighted by atomic mass is 9.90. The summed E-state index contributed by atoms with van der Waals surface area (Å²) in [6.45, 7) is 1.04. The van der Waals surface area contributed by atoms with E-state index in [9.17, 15) is 18.8 Å². The number of amides is 4. The van der Waals surface area contributed by atoms with Crippen LogP contribution in [0.25, 0.3) is 0 Å². The van der Waals surface area contributed by atoms with Gasteiger partial charge >= 0.3 is 6.03 Å². The minimum atomic E-state index is -0.749. The smallest absolute Gasteiger partial charge is 0.325 e. The molecule has 2 saturated heterocycles. The molecule has 6 nitrogen and oxygen atoms in total. The van der Waals surface area contributed by atoms with Crippen molar-refractivity contribution < 1.29 is 18.8 Å². The van der Waals surface area contributed by atoms with E-state index in [1.165, 1.54) is 17.0 Å². The number of carbonyl (C=O) groups excluding carboxylic acids is 3. The van der Waals surface area contributed by atoms with E-state index in [4.69, 9.17) is 11.6 Å². The van der Waals surface area contributed by atoms with Gasteiger partial charge < -0.3 is 10.2 Å². The average molecular weight is 422 g/mol. The van der Waals surface area contributed by atoms with Gasteiger partial charge in [-0.1, -0.05) is 43.4 Å². The van der Waals surface area contributed by atoms with Crippen LogP contribution in [0.2, 0.25) is 5.02 Å². The van der Waals surface area contributed by atoms with Gasteiger partial charge in [-0.3, -0.25) is 14.5 Å². The maximum Gasteiger partial charge on any atom is 0.325 e. The number of hydrogen-bond donors (Lipinski definition) is 1. The zero-order valence-corrected chi connectivity index (χ0v) is 17.0. The van der Waals surface area contributed by atoms with E-state index in [2.05, 4.69) is 5.32 Å². The molecule has 29 heavy (non-hydrogen) atoms. The Morgan fingerprint density at radius 1 is 1.14 bits per heavy atom. The number of nitrogens with one attached hydrogen (secondary N) is 1. The molecule has 2 aliphatic heterocycles. The van der Waals surface area contributed by atoms with Crippen molar-refractivity contribution in [3.05, 3.63) is 34.6 Å². The third-order valence-corrected chi connectivity index (χ3v) is 6.59. The standard InChI is InChI=1S/C21H25ClFN3O3/c22-16-9-14(5-6-17(16)23)11-25-12-15(10-18(25)27)13-26-19(28)21(24-20(26)29)7-3-1-2-4-8-21/h5-6,9,15H,1-4,7-8,10-13H2,(H,24,29). The molecule has 1 atom stereocenters. The van der Waals surface area contributed by atoms with Crippen molar-refractivity contribution in [2.45, 2.75) is 57.0 Å². The first-order chi connectivity index (χ1) is 13.9. The molecule has 0 aromatic heterocycles. The zero-order valence-electron chi connectivity index (χ0n) is 16.3. The highest BCUT2D eigenvalue weighted by atomic mass is 35.5. The van der Waals surface area contributed by atoms with Crippen molar-refractivity contribution in [3.63, 3.8) is 0 Å². The van der Waals surface area contributed by atoms with Crippen LogP contribution in [0.5, 0.6) is 0 Å². The van der Waals surface area contributed by atoms with Crippen LogP contribution < -0.4 is 5.32 Å². The van der Waals surface area contributed by atoms with Crippen molar-refractivity contribution in [3.8, 4) is 0 Å². The first-order valence-electron chi connectivity index (χ1n) is 10.2. The van der Waals surface area contributed by atoms with Gasteiger partial charge in [0.2, 0.25) is 5.91 Å². The quantitative estimate of drug-likeness (QED) is 0.757. The van der Waals surface area contributed by atoms with Crippen LogP contribution in [-0.2, 0) is 16.1 Å². The maximum atomic E-state index is 13.3. The summed E-state index contributed by atoms with van der Waals surface area (Å²) in [5.41, 5.74) is -0.00130. The summed E-state index contributed by atoms with van der Waals surface area (Å²) in [5, 5.41) is 2.97. The summed E-state index contributed by atoms with van der Waals surface area (Å²) < 4.78 is 13.3. The van der Waals surface area contributed by atoms with Crippen LogP contribution >= 0.6 is 11.6 Å². The Labute approximate surface area is 174 Å². The first-order valence-corrected chi connectivity index (χ1v) is 10.6. The molecule has 3 aliphatic rings. The van der Waals surface area contributed by atoms with Gasteiger partial charge in [0.15, 0.2) is 0 Å². The van der Waals surface area contributed by atoms with Crippen molar-refractivity contribution >= 4 is 29.4 Å². The molecular formula is C21H25ClFN3O3. The molecule has 3 fully saturated rings. The number of benzene rings is 1. The molecule has 8 heteroatoms. The van der Waals surface area contributed by atoms with Gasteiger partial charge in [-0.2, -0.15) is 0 Å². The van der Waals surface area contributed by atoms with Crippen LogP contribution in [0.4, 0.5) is 9.18 Å². The summed E-state index contributed by atoms with van der Waals surface area (Å²) in [7, 11) is 0. The lowest BCUT2D eigenvalue weighted by Gasteiger charge is -2.25. The Bertz CT molecular complexity index is 838. The minimum Gasteiger partial charge on any atom is -0.338 e. The van der Waals surface area contributed by atoms with E-state index in [1.807, 2.05) is 0 Å². The molecule has 2 heterocycles. The van der Waals surface area contributed by atoms with Crippen LogP contribution in [-0.4, -0.2) is 46.3 Å². The molecule has 156 valence electrons. The number of urea groups is 1. The topological polar surface area (TPSA) is 69.7 Å². The Morgan fingerprint density at radius 2 is 1.86 bits per heavy atom. The molecule has 0 radical (unpaired) electrons. The monoisotopic (exact) mass is 421 g/mol. The summed E-state index contributed by atoms with van der Waals surface area (Å²) in [5.74, 6) is -0.770. The molecule has 4 rings (SSSR count). The van der Waals surface area contributed by atoms with Gasteiger partial charge in [-0.15, -0.1) is 0 Å². The first kappa shape index (κ1) is 20.1. The van der Waals surface area contributed by atoms with Gasteiger partial charge in [-0.25, -0.2) is 9.18 Å². The van der Waals surface area contributed by atoms with Crippen LogP contribution in [0.3, 0.4) is 0 Å². The molecular weight excluding hydrogens is 397 g/mol. The van der Waals surface area contributed by atoms with E-state index >= 15 is 0 Å². The Balaban J connectivity index is 1.40. The molecule has 1 aliphatic carbocycles. The van der Waals surface area contributed by atoms with Gasteiger partial charge in [0, 0.05) is 32.0 Å².